The molecule has 0 aliphatic carbocycles. The molecule has 0 radical (unpaired) electrons. The maximum absolute atomic E-state index is 13.0. The van der Waals surface area contributed by atoms with Crippen molar-refractivity contribution < 1.29 is 9.53 Å². The van der Waals surface area contributed by atoms with E-state index in [0.29, 0.717) is 18.1 Å². The molecule has 3 heterocycles. The normalized spacial score (nSPS) is 15.5. The topological polar surface area (TPSA) is 64.1 Å². The summed E-state index contributed by atoms with van der Waals surface area (Å²) in [6, 6.07) is 17.6. The lowest BCUT2D eigenvalue weighted by Crippen LogP contribution is -2.32. The molecule has 2 aromatic carbocycles. The molecule has 6 heteroatoms. The van der Waals surface area contributed by atoms with Gasteiger partial charge in [0.2, 0.25) is 0 Å². The lowest BCUT2D eigenvalue weighted by atomic mass is 10.00. The Morgan fingerprint density at radius 1 is 1.16 bits per heavy atom. The van der Waals surface area contributed by atoms with Crippen molar-refractivity contribution in [2.45, 2.75) is 32.2 Å². The SMILES string of the molecule is CC(C)c1ccc(-c2nc3ccc(C(=O)N[C@H]4CCOc5ccccc54)cc3s2)cn1. The van der Waals surface area contributed by atoms with Crippen LogP contribution >= 0.6 is 11.3 Å². The molecule has 156 valence electrons. The van der Waals surface area contributed by atoms with E-state index in [2.05, 4.69) is 36.3 Å². The van der Waals surface area contributed by atoms with Gasteiger partial charge in [-0.05, 0) is 42.3 Å². The van der Waals surface area contributed by atoms with E-state index in [1.807, 2.05) is 48.7 Å². The van der Waals surface area contributed by atoms with Crippen LogP contribution in [0.25, 0.3) is 20.8 Å². The molecule has 0 bridgehead atoms. The zero-order valence-electron chi connectivity index (χ0n) is 17.5. The highest BCUT2D eigenvalue weighted by Gasteiger charge is 2.23. The Balaban J connectivity index is 1.38. The number of para-hydroxylation sites is 1. The molecule has 5 nitrogen and oxygen atoms in total. The van der Waals surface area contributed by atoms with E-state index in [0.717, 1.165) is 44.2 Å². The van der Waals surface area contributed by atoms with E-state index in [1.165, 1.54) is 0 Å². The van der Waals surface area contributed by atoms with Gasteiger partial charge in [-0.25, -0.2) is 4.98 Å². The fraction of sp³-hybridized carbons (Fsp3) is 0.240. The molecule has 1 atom stereocenters. The van der Waals surface area contributed by atoms with Crippen LogP contribution in [-0.4, -0.2) is 22.5 Å². The maximum atomic E-state index is 13.0. The number of aromatic nitrogens is 2. The molecule has 0 fully saturated rings. The molecule has 1 amide bonds. The van der Waals surface area contributed by atoms with E-state index < -0.39 is 0 Å². The number of nitrogens with zero attached hydrogens (tertiary/aromatic N) is 2. The molecule has 1 N–H and O–H groups in total. The summed E-state index contributed by atoms with van der Waals surface area (Å²) in [5.41, 5.74) is 4.62. The molecule has 4 aromatic rings. The monoisotopic (exact) mass is 429 g/mol. The van der Waals surface area contributed by atoms with E-state index in [9.17, 15) is 4.79 Å². The van der Waals surface area contributed by atoms with Crippen LogP contribution in [0.3, 0.4) is 0 Å². The molecule has 31 heavy (non-hydrogen) atoms. The van der Waals surface area contributed by atoms with Gasteiger partial charge in [-0.2, -0.15) is 0 Å². The van der Waals surface area contributed by atoms with Crippen molar-refractivity contribution in [2.75, 3.05) is 6.61 Å². The highest BCUT2D eigenvalue weighted by atomic mass is 32.1. The fourth-order valence-corrected chi connectivity index (χ4v) is 4.79. The molecule has 0 saturated heterocycles. The molecular formula is C25H23N3O2S. The number of benzene rings is 2. The molecule has 2 aromatic heterocycles. The molecule has 5 rings (SSSR count). The van der Waals surface area contributed by atoms with Crippen LogP contribution in [0.15, 0.2) is 60.8 Å². The molecule has 1 aliphatic heterocycles. The number of pyridine rings is 1. The van der Waals surface area contributed by atoms with Crippen LogP contribution in [-0.2, 0) is 0 Å². The molecule has 1 aliphatic rings. The summed E-state index contributed by atoms with van der Waals surface area (Å²) in [7, 11) is 0. The van der Waals surface area contributed by atoms with Crippen molar-refractivity contribution >= 4 is 27.5 Å². The summed E-state index contributed by atoms with van der Waals surface area (Å²) >= 11 is 1.58. The number of carbonyl (C=O) groups excluding carboxylic acids is 1. The van der Waals surface area contributed by atoms with Crippen molar-refractivity contribution in [3.8, 4) is 16.3 Å². The Hall–Kier alpha value is -3.25. The van der Waals surface area contributed by atoms with Gasteiger partial charge in [0.05, 0.1) is 22.9 Å². The van der Waals surface area contributed by atoms with Crippen LogP contribution in [0.4, 0.5) is 0 Å². The first-order valence-electron chi connectivity index (χ1n) is 10.5. The van der Waals surface area contributed by atoms with Crippen LogP contribution < -0.4 is 10.1 Å². The molecule has 0 saturated carbocycles. The summed E-state index contributed by atoms with van der Waals surface area (Å²) in [4.78, 5) is 22.2. The highest BCUT2D eigenvalue weighted by molar-refractivity contribution is 7.21. The number of fused-ring (bicyclic) bond motifs is 2. The Morgan fingerprint density at radius 2 is 2.03 bits per heavy atom. The number of thiazole rings is 1. The average Bonchev–Trinajstić information content (AvgIpc) is 3.23. The van der Waals surface area contributed by atoms with E-state index in [1.54, 1.807) is 11.3 Å². The van der Waals surface area contributed by atoms with E-state index in [-0.39, 0.29) is 11.9 Å². The Labute approximate surface area is 185 Å². The third-order valence-electron chi connectivity index (χ3n) is 5.54. The fourth-order valence-electron chi connectivity index (χ4n) is 3.80. The van der Waals surface area contributed by atoms with E-state index in [4.69, 9.17) is 9.72 Å². The van der Waals surface area contributed by atoms with Crippen molar-refractivity contribution in [1.29, 1.82) is 0 Å². The number of ether oxygens (including phenoxy) is 1. The summed E-state index contributed by atoms with van der Waals surface area (Å²) in [6.07, 6.45) is 2.64. The van der Waals surface area contributed by atoms with Crippen LogP contribution in [0, 0.1) is 0 Å². The number of carbonyl (C=O) groups is 1. The van der Waals surface area contributed by atoms with Gasteiger partial charge in [0, 0.05) is 35.0 Å². The predicted molar refractivity (Wildman–Crippen MR) is 124 cm³/mol. The van der Waals surface area contributed by atoms with Gasteiger partial charge in [0.1, 0.15) is 10.8 Å². The second-order valence-electron chi connectivity index (χ2n) is 8.03. The van der Waals surface area contributed by atoms with Gasteiger partial charge in [-0.1, -0.05) is 32.0 Å². The number of nitrogens with one attached hydrogen (secondary N) is 1. The Morgan fingerprint density at radius 3 is 2.84 bits per heavy atom. The molecule has 0 spiro atoms. The van der Waals surface area contributed by atoms with Crippen LogP contribution in [0.1, 0.15) is 53.8 Å². The third kappa shape index (κ3) is 3.91. The second kappa shape index (κ2) is 8.12. The number of hydrogen-bond donors (Lipinski definition) is 1. The van der Waals surface area contributed by atoms with Crippen LogP contribution in [0.2, 0.25) is 0 Å². The molecular weight excluding hydrogens is 406 g/mol. The first-order chi connectivity index (χ1) is 15.1. The predicted octanol–water partition coefficient (Wildman–Crippen LogP) is 5.74. The summed E-state index contributed by atoms with van der Waals surface area (Å²) in [5.74, 6) is 1.16. The van der Waals surface area contributed by atoms with Crippen molar-refractivity contribution in [3.05, 3.63) is 77.6 Å². The summed E-state index contributed by atoms with van der Waals surface area (Å²) in [5, 5.41) is 4.08. The van der Waals surface area contributed by atoms with Gasteiger partial charge in [-0.15, -0.1) is 11.3 Å². The number of rotatable bonds is 4. The Kier molecular flexibility index (Phi) is 5.16. The minimum Gasteiger partial charge on any atom is -0.493 e. The standard InChI is InChI=1S/C25H23N3O2S/c1-15(2)19-9-8-17(14-26-19)25-28-21-10-7-16(13-23(21)31-25)24(29)27-20-11-12-30-22-6-4-3-5-18(20)22/h3-10,13-15,20H,11-12H2,1-2H3,(H,27,29)/t20-/m0/s1. The number of hydrogen-bond acceptors (Lipinski definition) is 5. The van der Waals surface area contributed by atoms with Gasteiger partial charge in [0.15, 0.2) is 0 Å². The maximum Gasteiger partial charge on any atom is 0.251 e. The summed E-state index contributed by atoms with van der Waals surface area (Å²) < 4.78 is 6.69. The largest absolute Gasteiger partial charge is 0.493 e. The van der Waals surface area contributed by atoms with Crippen molar-refractivity contribution in [1.82, 2.24) is 15.3 Å². The zero-order valence-corrected chi connectivity index (χ0v) is 18.3. The second-order valence-corrected chi connectivity index (χ2v) is 9.06. The van der Waals surface area contributed by atoms with Gasteiger partial charge in [0.25, 0.3) is 5.91 Å². The quantitative estimate of drug-likeness (QED) is 0.450. The van der Waals surface area contributed by atoms with Crippen molar-refractivity contribution in [3.63, 3.8) is 0 Å². The number of amides is 1. The lowest BCUT2D eigenvalue weighted by Gasteiger charge is -2.26. The van der Waals surface area contributed by atoms with Crippen molar-refractivity contribution in [2.24, 2.45) is 0 Å². The zero-order chi connectivity index (χ0) is 21.4. The summed E-state index contributed by atoms with van der Waals surface area (Å²) in [6.45, 7) is 4.86. The molecule has 0 unspecified atom stereocenters. The highest BCUT2D eigenvalue weighted by Crippen LogP contribution is 2.33. The minimum atomic E-state index is -0.0819. The average molecular weight is 430 g/mol. The first-order valence-corrected chi connectivity index (χ1v) is 11.3. The lowest BCUT2D eigenvalue weighted by molar-refractivity contribution is 0.0925. The Bertz CT molecular complexity index is 1250. The van der Waals surface area contributed by atoms with Crippen LogP contribution in [0.5, 0.6) is 5.75 Å². The minimum absolute atomic E-state index is 0.0456. The third-order valence-corrected chi connectivity index (χ3v) is 6.61. The van der Waals surface area contributed by atoms with Gasteiger partial charge < -0.3 is 10.1 Å². The first kappa shape index (κ1) is 19.7. The van der Waals surface area contributed by atoms with E-state index >= 15 is 0 Å². The van der Waals surface area contributed by atoms with Gasteiger partial charge in [-0.3, -0.25) is 9.78 Å². The smallest absolute Gasteiger partial charge is 0.251 e. The van der Waals surface area contributed by atoms with Gasteiger partial charge >= 0.3 is 0 Å².